The normalized spacial score (nSPS) is 24.8. The lowest BCUT2D eigenvalue weighted by molar-refractivity contribution is 0.154. The highest BCUT2D eigenvalue weighted by molar-refractivity contribution is 14.1. The number of unbranched alkanes of at least 4 members (excludes halogenated alkanes) is 2. The first-order valence-electron chi connectivity index (χ1n) is 11.7. The molecule has 2 aromatic carbocycles. The fourth-order valence-electron chi connectivity index (χ4n) is 4.95. The Balaban J connectivity index is 1.73. The molecular formula is C27H37IO2. The van der Waals surface area contributed by atoms with Crippen LogP contribution < -0.4 is 0 Å². The van der Waals surface area contributed by atoms with E-state index in [0.29, 0.717) is 9.84 Å². The summed E-state index contributed by atoms with van der Waals surface area (Å²) in [6, 6.07) is 17.4. The first-order chi connectivity index (χ1) is 14.5. The summed E-state index contributed by atoms with van der Waals surface area (Å²) < 4.78 is 0.469. The molecule has 2 N–H and O–H groups in total. The highest BCUT2D eigenvalue weighted by Gasteiger charge is 2.41. The third kappa shape index (κ3) is 6.08. The molecule has 1 saturated carbocycles. The molecule has 0 amide bonds. The molecule has 164 valence electrons. The first kappa shape index (κ1) is 23.7. The molecule has 1 aliphatic rings. The van der Waals surface area contributed by atoms with Crippen molar-refractivity contribution >= 4 is 22.6 Å². The largest absolute Gasteiger partial charge is 0.392 e. The van der Waals surface area contributed by atoms with E-state index in [2.05, 4.69) is 85.0 Å². The van der Waals surface area contributed by atoms with Crippen LogP contribution in [0.2, 0.25) is 0 Å². The average Bonchev–Trinajstić information content (AvgIpc) is 3.01. The van der Waals surface area contributed by atoms with Crippen LogP contribution in [-0.4, -0.2) is 20.2 Å². The summed E-state index contributed by atoms with van der Waals surface area (Å²) in [7, 11) is 0. The molecule has 0 saturated heterocycles. The van der Waals surface area contributed by atoms with Crippen LogP contribution in [0.5, 0.6) is 0 Å². The standard InChI is InChI=1S/C27H37IO2/c1-3-5-6-11-25(29)21-12-14-22(15-13-21)27-23(24(28)18-26(27)30)17-20-10-7-9-19(16-20)8-4-2/h7,9-10,12-16,23-27,29-30H,3-6,8,11,17-18H2,1-2H3/t23-,24?,25?,26+,27?/m0/s1. The van der Waals surface area contributed by atoms with Gasteiger partial charge in [0.1, 0.15) is 0 Å². The van der Waals surface area contributed by atoms with E-state index in [9.17, 15) is 10.2 Å². The highest BCUT2D eigenvalue weighted by Crippen LogP contribution is 2.45. The Bertz CT molecular complexity index is 773. The molecule has 0 bridgehead atoms. The Morgan fingerprint density at radius 3 is 2.43 bits per heavy atom. The van der Waals surface area contributed by atoms with Crippen molar-refractivity contribution < 1.29 is 10.2 Å². The van der Waals surface area contributed by atoms with Gasteiger partial charge in [0.05, 0.1) is 12.2 Å². The van der Waals surface area contributed by atoms with Crippen LogP contribution in [0.4, 0.5) is 0 Å². The molecule has 30 heavy (non-hydrogen) atoms. The van der Waals surface area contributed by atoms with E-state index in [1.807, 2.05) is 0 Å². The number of hydrogen-bond acceptors (Lipinski definition) is 2. The topological polar surface area (TPSA) is 40.5 Å². The summed E-state index contributed by atoms with van der Waals surface area (Å²) in [6.45, 7) is 4.41. The number of aryl methyl sites for hydroxylation is 1. The zero-order valence-electron chi connectivity index (χ0n) is 18.4. The maximum Gasteiger partial charge on any atom is 0.0790 e. The number of hydrogen-bond donors (Lipinski definition) is 2. The van der Waals surface area contributed by atoms with Crippen molar-refractivity contribution in [2.75, 3.05) is 0 Å². The maximum atomic E-state index is 10.9. The zero-order chi connectivity index (χ0) is 21.5. The minimum absolute atomic E-state index is 0.160. The van der Waals surface area contributed by atoms with Gasteiger partial charge in [0, 0.05) is 9.84 Å². The summed E-state index contributed by atoms with van der Waals surface area (Å²) >= 11 is 2.54. The van der Waals surface area contributed by atoms with E-state index in [0.717, 1.165) is 37.7 Å². The van der Waals surface area contributed by atoms with E-state index >= 15 is 0 Å². The fraction of sp³-hybridized carbons (Fsp3) is 0.556. The molecule has 2 aromatic rings. The van der Waals surface area contributed by atoms with Gasteiger partial charge in [-0.05, 0) is 53.9 Å². The highest BCUT2D eigenvalue weighted by atomic mass is 127. The van der Waals surface area contributed by atoms with Gasteiger partial charge in [-0.2, -0.15) is 0 Å². The fourth-order valence-corrected chi connectivity index (χ4v) is 6.18. The van der Waals surface area contributed by atoms with Crippen LogP contribution in [0.3, 0.4) is 0 Å². The number of rotatable bonds is 10. The van der Waals surface area contributed by atoms with Crippen molar-refractivity contribution in [2.45, 2.75) is 87.3 Å². The van der Waals surface area contributed by atoms with Crippen molar-refractivity contribution in [3.63, 3.8) is 0 Å². The van der Waals surface area contributed by atoms with Gasteiger partial charge in [0.15, 0.2) is 0 Å². The van der Waals surface area contributed by atoms with Gasteiger partial charge in [0.2, 0.25) is 0 Å². The molecule has 0 heterocycles. The van der Waals surface area contributed by atoms with E-state index in [1.54, 1.807) is 0 Å². The lowest BCUT2D eigenvalue weighted by Gasteiger charge is -2.25. The summed E-state index contributed by atoms with van der Waals surface area (Å²) in [6.07, 6.45) is 7.71. The molecule has 3 rings (SSSR count). The lowest BCUT2D eigenvalue weighted by atomic mass is 9.83. The number of aliphatic hydroxyl groups is 2. The monoisotopic (exact) mass is 520 g/mol. The molecule has 2 nitrogen and oxygen atoms in total. The van der Waals surface area contributed by atoms with Gasteiger partial charge in [-0.3, -0.25) is 0 Å². The van der Waals surface area contributed by atoms with Crippen molar-refractivity contribution in [3.05, 3.63) is 70.8 Å². The maximum absolute atomic E-state index is 10.9. The molecule has 0 aromatic heterocycles. The van der Waals surface area contributed by atoms with E-state index < -0.39 is 0 Å². The van der Waals surface area contributed by atoms with Gasteiger partial charge in [-0.25, -0.2) is 0 Å². The molecule has 0 spiro atoms. The molecule has 0 aliphatic heterocycles. The SMILES string of the molecule is CCCCCC(O)c1ccc(C2[C@@H](Cc3cccc(CCC)c3)C(I)C[C@H]2O)cc1. The summed E-state index contributed by atoms with van der Waals surface area (Å²) in [5.41, 5.74) is 5.00. The minimum atomic E-state index is -0.381. The van der Waals surface area contributed by atoms with Gasteiger partial charge in [0.25, 0.3) is 0 Å². The van der Waals surface area contributed by atoms with Crippen molar-refractivity contribution in [1.29, 1.82) is 0 Å². The molecule has 1 aliphatic carbocycles. The van der Waals surface area contributed by atoms with Crippen LogP contribution in [0.1, 0.15) is 86.6 Å². The molecule has 1 fully saturated rings. The number of alkyl halides is 1. The number of benzene rings is 2. The van der Waals surface area contributed by atoms with Gasteiger partial charge in [-0.1, -0.05) is 111 Å². The minimum Gasteiger partial charge on any atom is -0.392 e. The van der Waals surface area contributed by atoms with Crippen LogP contribution in [0.15, 0.2) is 48.5 Å². The third-order valence-corrected chi connectivity index (χ3v) is 8.03. The van der Waals surface area contributed by atoms with Crippen LogP contribution in [0, 0.1) is 5.92 Å². The zero-order valence-corrected chi connectivity index (χ0v) is 20.6. The van der Waals surface area contributed by atoms with Gasteiger partial charge in [-0.15, -0.1) is 0 Å². The van der Waals surface area contributed by atoms with Crippen LogP contribution in [0.25, 0.3) is 0 Å². The Hall–Kier alpha value is -0.910. The molecule has 5 atom stereocenters. The Morgan fingerprint density at radius 1 is 1.00 bits per heavy atom. The van der Waals surface area contributed by atoms with Gasteiger partial charge >= 0.3 is 0 Å². The second-order valence-electron chi connectivity index (χ2n) is 8.96. The van der Waals surface area contributed by atoms with E-state index in [1.165, 1.54) is 36.0 Å². The van der Waals surface area contributed by atoms with Crippen molar-refractivity contribution in [2.24, 2.45) is 5.92 Å². The predicted octanol–water partition coefficient (Wildman–Crippen LogP) is 6.76. The smallest absolute Gasteiger partial charge is 0.0790 e. The lowest BCUT2D eigenvalue weighted by Crippen LogP contribution is -2.21. The first-order valence-corrected chi connectivity index (χ1v) is 13.0. The average molecular weight is 520 g/mol. The molecule has 3 unspecified atom stereocenters. The van der Waals surface area contributed by atoms with Crippen LogP contribution >= 0.6 is 22.6 Å². The quantitative estimate of drug-likeness (QED) is 0.206. The predicted molar refractivity (Wildman–Crippen MR) is 134 cm³/mol. The van der Waals surface area contributed by atoms with Crippen molar-refractivity contribution in [1.82, 2.24) is 0 Å². The second-order valence-corrected chi connectivity index (χ2v) is 10.6. The summed E-state index contributed by atoms with van der Waals surface area (Å²) in [5, 5.41) is 21.3. The number of aliphatic hydroxyl groups excluding tert-OH is 2. The second kappa shape index (κ2) is 11.6. The van der Waals surface area contributed by atoms with E-state index in [-0.39, 0.29) is 18.1 Å². The molecule has 3 heteroatoms. The molecular weight excluding hydrogens is 483 g/mol. The van der Waals surface area contributed by atoms with Crippen molar-refractivity contribution in [3.8, 4) is 0 Å². The van der Waals surface area contributed by atoms with E-state index in [4.69, 9.17) is 0 Å². The summed E-state index contributed by atoms with van der Waals surface area (Å²) in [4.78, 5) is 0. The third-order valence-electron chi connectivity index (χ3n) is 6.60. The van der Waals surface area contributed by atoms with Gasteiger partial charge < -0.3 is 10.2 Å². The Morgan fingerprint density at radius 2 is 1.73 bits per heavy atom. The molecule has 0 radical (unpaired) electrons. The van der Waals surface area contributed by atoms with Crippen LogP contribution in [-0.2, 0) is 12.8 Å². The Kier molecular flexibility index (Phi) is 9.21. The Labute approximate surface area is 196 Å². The summed E-state index contributed by atoms with van der Waals surface area (Å²) in [5.74, 6) is 0.589. The number of halogens is 1.